The molecule has 2 N–H and O–H groups in total. The van der Waals surface area contributed by atoms with Crippen LogP contribution in [0.1, 0.15) is 26.7 Å². The molecule has 70 valence electrons. The summed E-state index contributed by atoms with van der Waals surface area (Å²) in [5.41, 5.74) is 0. The zero-order chi connectivity index (χ0) is 9.40. The third-order valence-corrected chi connectivity index (χ3v) is 2.10. The Labute approximate surface area is 85.1 Å². The monoisotopic (exact) mass is 204 g/mol. The van der Waals surface area contributed by atoms with Gasteiger partial charge in [-0.2, -0.15) is 0 Å². The fraction of sp³-hybridized carbons (Fsp3) is 0.750. The second kappa shape index (κ2) is 7.43. The molecule has 0 heterocycles. The van der Waals surface area contributed by atoms with Gasteiger partial charge in [-0.3, -0.25) is 0 Å². The van der Waals surface area contributed by atoms with Crippen molar-refractivity contribution < 1.29 is 0 Å². The lowest BCUT2D eigenvalue weighted by molar-refractivity contribution is 0.835. The predicted octanol–water partition coefficient (Wildman–Crippen LogP) is 1.64. The van der Waals surface area contributed by atoms with Gasteiger partial charge < -0.3 is 10.6 Å². The lowest BCUT2D eigenvalue weighted by Gasteiger charge is -2.09. The SMILES string of the molecule is CCCNC(=S)C(=S)NCCC. The van der Waals surface area contributed by atoms with E-state index in [1.165, 1.54) is 0 Å². The van der Waals surface area contributed by atoms with Crippen LogP contribution in [-0.2, 0) is 0 Å². The Morgan fingerprint density at radius 3 is 1.50 bits per heavy atom. The van der Waals surface area contributed by atoms with Crippen molar-refractivity contribution in [2.75, 3.05) is 13.1 Å². The van der Waals surface area contributed by atoms with E-state index in [0.717, 1.165) is 25.9 Å². The van der Waals surface area contributed by atoms with Crippen molar-refractivity contribution in [1.82, 2.24) is 10.6 Å². The first-order chi connectivity index (χ1) is 5.72. The Bertz CT molecular complexity index is 139. The lowest BCUT2D eigenvalue weighted by Crippen LogP contribution is -2.37. The molecule has 0 aromatic heterocycles. The Morgan fingerprint density at radius 2 is 1.25 bits per heavy atom. The minimum Gasteiger partial charge on any atom is -0.374 e. The summed E-state index contributed by atoms with van der Waals surface area (Å²) in [7, 11) is 0. The van der Waals surface area contributed by atoms with Crippen molar-refractivity contribution in [2.45, 2.75) is 26.7 Å². The first kappa shape index (κ1) is 11.8. The summed E-state index contributed by atoms with van der Waals surface area (Å²) in [4.78, 5) is 1.33. The van der Waals surface area contributed by atoms with Crippen molar-refractivity contribution in [3.05, 3.63) is 0 Å². The molecule has 0 spiro atoms. The van der Waals surface area contributed by atoms with Crippen LogP contribution in [0, 0.1) is 0 Å². The van der Waals surface area contributed by atoms with Crippen molar-refractivity contribution in [1.29, 1.82) is 0 Å². The van der Waals surface area contributed by atoms with Gasteiger partial charge in [0.15, 0.2) is 0 Å². The molecular weight excluding hydrogens is 188 g/mol. The topological polar surface area (TPSA) is 24.1 Å². The first-order valence-electron chi connectivity index (χ1n) is 4.28. The molecule has 0 bridgehead atoms. The van der Waals surface area contributed by atoms with Gasteiger partial charge in [0.1, 0.15) is 9.98 Å². The van der Waals surface area contributed by atoms with E-state index < -0.39 is 0 Å². The molecule has 0 aliphatic carbocycles. The molecule has 0 aliphatic rings. The Morgan fingerprint density at radius 1 is 0.917 bits per heavy atom. The Hall–Kier alpha value is -0.220. The molecule has 0 fully saturated rings. The fourth-order valence-corrected chi connectivity index (χ4v) is 0.986. The molecular formula is C8H16N2S2. The summed E-state index contributed by atoms with van der Waals surface area (Å²) in [6, 6.07) is 0. The van der Waals surface area contributed by atoms with Crippen LogP contribution in [0.15, 0.2) is 0 Å². The summed E-state index contributed by atoms with van der Waals surface area (Å²) < 4.78 is 0. The van der Waals surface area contributed by atoms with Crippen LogP contribution < -0.4 is 10.6 Å². The molecule has 0 aromatic rings. The highest BCUT2D eigenvalue weighted by Gasteiger charge is 2.00. The van der Waals surface area contributed by atoms with Crippen molar-refractivity contribution in [3.63, 3.8) is 0 Å². The summed E-state index contributed by atoms with van der Waals surface area (Å²) >= 11 is 10.1. The third kappa shape index (κ3) is 5.43. The van der Waals surface area contributed by atoms with Crippen LogP contribution in [-0.4, -0.2) is 23.1 Å². The Kier molecular flexibility index (Phi) is 7.29. The standard InChI is InChI=1S/C8H16N2S2/c1-3-5-9-7(11)8(12)10-6-4-2/h3-6H2,1-2H3,(H,9,11)(H,10,12). The number of hydrogen-bond donors (Lipinski definition) is 2. The average Bonchev–Trinajstić information content (AvgIpc) is 2.10. The van der Waals surface area contributed by atoms with Gasteiger partial charge in [-0.25, -0.2) is 0 Å². The first-order valence-corrected chi connectivity index (χ1v) is 5.10. The molecule has 0 atom stereocenters. The van der Waals surface area contributed by atoms with Crippen molar-refractivity contribution >= 4 is 34.4 Å². The largest absolute Gasteiger partial charge is 0.374 e. The number of thiocarbonyl (C=S) groups is 2. The van der Waals surface area contributed by atoms with E-state index in [9.17, 15) is 0 Å². The highest BCUT2D eigenvalue weighted by Crippen LogP contribution is 1.81. The maximum Gasteiger partial charge on any atom is 0.134 e. The molecule has 0 saturated heterocycles. The fourth-order valence-electron chi connectivity index (χ4n) is 0.638. The number of hydrogen-bond acceptors (Lipinski definition) is 2. The van der Waals surface area contributed by atoms with Gasteiger partial charge in [0.05, 0.1) is 0 Å². The predicted molar refractivity (Wildman–Crippen MR) is 61.8 cm³/mol. The van der Waals surface area contributed by atoms with Gasteiger partial charge in [0, 0.05) is 13.1 Å². The third-order valence-electron chi connectivity index (χ3n) is 1.28. The number of rotatable bonds is 4. The van der Waals surface area contributed by atoms with E-state index in [0.29, 0.717) is 9.98 Å². The van der Waals surface area contributed by atoms with Gasteiger partial charge in [-0.15, -0.1) is 0 Å². The van der Waals surface area contributed by atoms with Crippen LogP contribution in [0.3, 0.4) is 0 Å². The molecule has 4 heteroatoms. The van der Waals surface area contributed by atoms with Crippen LogP contribution in [0.5, 0.6) is 0 Å². The zero-order valence-electron chi connectivity index (χ0n) is 7.64. The lowest BCUT2D eigenvalue weighted by atomic mass is 10.4. The molecule has 0 aliphatic heterocycles. The van der Waals surface area contributed by atoms with Crippen molar-refractivity contribution in [2.24, 2.45) is 0 Å². The molecule has 0 unspecified atom stereocenters. The Balaban J connectivity index is 3.55. The highest BCUT2D eigenvalue weighted by molar-refractivity contribution is 7.89. The summed E-state index contributed by atoms with van der Waals surface area (Å²) in [5, 5.41) is 6.14. The van der Waals surface area contributed by atoms with Crippen LogP contribution >= 0.6 is 24.4 Å². The van der Waals surface area contributed by atoms with Crippen LogP contribution in [0.4, 0.5) is 0 Å². The van der Waals surface area contributed by atoms with Crippen LogP contribution in [0.2, 0.25) is 0 Å². The maximum absolute atomic E-state index is 5.04. The zero-order valence-corrected chi connectivity index (χ0v) is 9.28. The summed E-state index contributed by atoms with van der Waals surface area (Å²) in [6.45, 7) is 5.98. The second-order valence-electron chi connectivity index (χ2n) is 2.51. The second-order valence-corrected chi connectivity index (χ2v) is 3.33. The molecule has 0 rings (SSSR count). The number of nitrogens with one attached hydrogen (secondary N) is 2. The molecule has 0 radical (unpaired) electrons. The highest BCUT2D eigenvalue weighted by atomic mass is 32.1. The van der Waals surface area contributed by atoms with Crippen molar-refractivity contribution in [3.8, 4) is 0 Å². The quantitative estimate of drug-likeness (QED) is 0.680. The van der Waals surface area contributed by atoms with E-state index in [-0.39, 0.29) is 0 Å². The van der Waals surface area contributed by atoms with E-state index in [2.05, 4.69) is 24.5 Å². The normalized spacial score (nSPS) is 9.17. The van der Waals surface area contributed by atoms with E-state index in [1.54, 1.807) is 0 Å². The van der Waals surface area contributed by atoms with Gasteiger partial charge in [0.2, 0.25) is 0 Å². The van der Waals surface area contributed by atoms with Gasteiger partial charge in [-0.05, 0) is 12.8 Å². The van der Waals surface area contributed by atoms with Gasteiger partial charge in [-0.1, -0.05) is 38.3 Å². The van der Waals surface area contributed by atoms with Crippen LogP contribution in [0.25, 0.3) is 0 Å². The minimum absolute atomic E-state index is 0.667. The molecule has 0 amide bonds. The molecule has 0 saturated carbocycles. The van der Waals surface area contributed by atoms with E-state index >= 15 is 0 Å². The van der Waals surface area contributed by atoms with Gasteiger partial charge in [0.25, 0.3) is 0 Å². The summed E-state index contributed by atoms with van der Waals surface area (Å²) in [5.74, 6) is 0. The van der Waals surface area contributed by atoms with E-state index in [4.69, 9.17) is 24.4 Å². The summed E-state index contributed by atoms with van der Waals surface area (Å²) in [6.07, 6.45) is 2.13. The average molecular weight is 204 g/mol. The smallest absolute Gasteiger partial charge is 0.134 e. The maximum atomic E-state index is 5.04. The molecule has 0 aromatic carbocycles. The molecule has 12 heavy (non-hydrogen) atoms. The molecule has 2 nitrogen and oxygen atoms in total. The van der Waals surface area contributed by atoms with E-state index in [1.807, 2.05) is 0 Å². The minimum atomic E-state index is 0.667. The van der Waals surface area contributed by atoms with Gasteiger partial charge >= 0.3 is 0 Å².